The number of fused-ring (bicyclic) bond motifs is 5. The molecule has 6 nitrogen and oxygen atoms in total. The maximum Gasteiger partial charge on any atom is 0.258 e. The molecule has 2 aromatic rings. The van der Waals surface area contributed by atoms with Crippen LogP contribution in [0.15, 0.2) is 24.3 Å². The normalized spacial score (nSPS) is 20.0. The Hall–Kier alpha value is -2.89. The number of carbonyl (C=O) groups excluding carboxylic acids is 1. The van der Waals surface area contributed by atoms with E-state index in [4.69, 9.17) is 14.2 Å². The molecular formula is C19H17NO5. The second kappa shape index (κ2) is 5.05. The summed E-state index contributed by atoms with van der Waals surface area (Å²) in [6, 6.07) is 7.55. The predicted octanol–water partition coefficient (Wildman–Crippen LogP) is 2.43. The Kier molecular flexibility index (Phi) is 2.92. The fraction of sp³-hybridized carbons (Fsp3) is 0.316. The third-order valence-electron chi connectivity index (χ3n) is 5.33. The Bertz CT molecular complexity index is 907. The molecule has 0 bridgehead atoms. The number of phenols is 1. The summed E-state index contributed by atoms with van der Waals surface area (Å²) >= 11 is 0. The van der Waals surface area contributed by atoms with E-state index in [9.17, 15) is 9.90 Å². The lowest BCUT2D eigenvalue weighted by molar-refractivity contribution is 0.0627. The van der Waals surface area contributed by atoms with Crippen molar-refractivity contribution in [2.45, 2.75) is 18.9 Å². The van der Waals surface area contributed by atoms with Crippen LogP contribution in [0, 0.1) is 0 Å². The molecule has 2 aromatic carbocycles. The number of amides is 1. The van der Waals surface area contributed by atoms with E-state index >= 15 is 0 Å². The molecule has 0 aromatic heterocycles. The second-order valence-electron chi connectivity index (χ2n) is 6.52. The number of nitrogens with zero attached hydrogens (tertiary/aromatic N) is 1. The minimum absolute atomic E-state index is 0.0500. The first-order chi connectivity index (χ1) is 12.2. The standard InChI is InChI=1S/C19H17NO5/c1-23-14-3-2-11-6-13-12-8-16-15(24-9-25-16)7-10(12)4-5-20(13)19(22)17(11)18(14)21/h2-3,7-8,13,21H,4-6,9H2,1H3/t13-/m0/s1. The molecule has 1 atom stereocenters. The fourth-order valence-corrected chi connectivity index (χ4v) is 4.09. The van der Waals surface area contributed by atoms with Crippen LogP contribution in [0.1, 0.15) is 33.1 Å². The Morgan fingerprint density at radius 1 is 1.20 bits per heavy atom. The van der Waals surface area contributed by atoms with E-state index in [1.165, 1.54) is 12.7 Å². The monoisotopic (exact) mass is 339 g/mol. The van der Waals surface area contributed by atoms with Crippen molar-refractivity contribution in [3.05, 3.63) is 46.5 Å². The number of phenolic OH excluding ortho intramolecular Hbond substituents is 1. The average Bonchev–Trinajstić information content (AvgIpc) is 3.07. The van der Waals surface area contributed by atoms with Crippen LogP contribution in [0.3, 0.4) is 0 Å². The zero-order chi connectivity index (χ0) is 17.1. The third-order valence-corrected chi connectivity index (χ3v) is 5.33. The van der Waals surface area contributed by atoms with Gasteiger partial charge >= 0.3 is 0 Å². The molecule has 0 fully saturated rings. The molecule has 1 N–H and O–H groups in total. The molecule has 25 heavy (non-hydrogen) atoms. The first-order valence-electron chi connectivity index (χ1n) is 8.29. The molecule has 0 radical (unpaired) electrons. The number of rotatable bonds is 1. The summed E-state index contributed by atoms with van der Waals surface area (Å²) in [6.07, 6.45) is 1.42. The topological polar surface area (TPSA) is 68.2 Å². The van der Waals surface area contributed by atoms with Gasteiger partial charge in [-0.2, -0.15) is 0 Å². The van der Waals surface area contributed by atoms with Gasteiger partial charge in [0.15, 0.2) is 23.0 Å². The second-order valence-corrected chi connectivity index (χ2v) is 6.52. The molecule has 0 aliphatic carbocycles. The summed E-state index contributed by atoms with van der Waals surface area (Å²) in [7, 11) is 1.48. The Morgan fingerprint density at radius 3 is 2.80 bits per heavy atom. The number of aromatic hydroxyl groups is 1. The van der Waals surface area contributed by atoms with Crippen LogP contribution < -0.4 is 14.2 Å². The Balaban J connectivity index is 1.63. The molecule has 3 heterocycles. The van der Waals surface area contributed by atoms with E-state index in [2.05, 4.69) is 0 Å². The van der Waals surface area contributed by atoms with Crippen molar-refractivity contribution in [2.75, 3.05) is 20.4 Å². The van der Waals surface area contributed by atoms with Gasteiger partial charge in [0.2, 0.25) is 6.79 Å². The molecule has 3 aliphatic rings. The fourth-order valence-electron chi connectivity index (χ4n) is 4.09. The van der Waals surface area contributed by atoms with Gasteiger partial charge in [-0.3, -0.25) is 4.79 Å². The van der Waals surface area contributed by atoms with Gasteiger partial charge in [-0.15, -0.1) is 0 Å². The van der Waals surface area contributed by atoms with Crippen molar-refractivity contribution in [2.24, 2.45) is 0 Å². The van der Waals surface area contributed by atoms with Gasteiger partial charge in [0.1, 0.15) is 0 Å². The molecular weight excluding hydrogens is 322 g/mol. The number of ether oxygens (including phenoxy) is 3. The van der Waals surface area contributed by atoms with Crippen molar-refractivity contribution in [3.8, 4) is 23.0 Å². The van der Waals surface area contributed by atoms with Gasteiger partial charge in [0.25, 0.3) is 5.91 Å². The lowest BCUT2D eigenvalue weighted by Gasteiger charge is -2.41. The summed E-state index contributed by atoms with van der Waals surface area (Å²) < 4.78 is 16.1. The summed E-state index contributed by atoms with van der Waals surface area (Å²) in [5.41, 5.74) is 3.50. The minimum Gasteiger partial charge on any atom is -0.504 e. The average molecular weight is 339 g/mol. The molecule has 0 saturated carbocycles. The molecule has 0 unspecified atom stereocenters. The largest absolute Gasteiger partial charge is 0.504 e. The highest BCUT2D eigenvalue weighted by Gasteiger charge is 2.39. The highest BCUT2D eigenvalue weighted by molar-refractivity contribution is 6.00. The zero-order valence-electron chi connectivity index (χ0n) is 13.7. The van der Waals surface area contributed by atoms with E-state index in [0.29, 0.717) is 24.3 Å². The quantitative estimate of drug-likeness (QED) is 0.864. The maximum absolute atomic E-state index is 13.0. The number of hydrogen-bond donors (Lipinski definition) is 1. The van der Waals surface area contributed by atoms with Gasteiger partial charge in [-0.25, -0.2) is 0 Å². The molecule has 128 valence electrons. The van der Waals surface area contributed by atoms with Crippen LogP contribution in [-0.2, 0) is 12.8 Å². The highest BCUT2D eigenvalue weighted by Crippen LogP contribution is 2.46. The van der Waals surface area contributed by atoms with Gasteiger partial charge in [0.05, 0.1) is 18.7 Å². The summed E-state index contributed by atoms with van der Waals surface area (Å²) in [5.74, 6) is 1.62. The zero-order valence-corrected chi connectivity index (χ0v) is 13.7. The van der Waals surface area contributed by atoms with Crippen LogP contribution in [0.25, 0.3) is 0 Å². The van der Waals surface area contributed by atoms with Gasteiger partial charge in [-0.1, -0.05) is 6.07 Å². The smallest absolute Gasteiger partial charge is 0.258 e. The molecule has 1 amide bonds. The number of methoxy groups -OCH3 is 1. The van der Waals surface area contributed by atoms with E-state index in [0.717, 1.165) is 29.0 Å². The lowest BCUT2D eigenvalue weighted by atomic mass is 9.83. The van der Waals surface area contributed by atoms with E-state index in [-0.39, 0.29) is 24.5 Å². The van der Waals surface area contributed by atoms with Crippen molar-refractivity contribution >= 4 is 5.91 Å². The summed E-state index contributed by atoms with van der Waals surface area (Å²) in [4.78, 5) is 14.9. The Labute approximate surface area is 144 Å². The van der Waals surface area contributed by atoms with Crippen LogP contribution in [0.2, 0.25) is 0 Å². The number of benzene rings is 2. The number of carbonyl (C=O) groups is 1. The maximum atomic E-state index is 13.0. The molecule has 3 aliphatic heterocycles. The number of hydrogen-bond acceptors (Lipinski definition) is 5. The summed E-state index contributed by atoms with van der Waals surface area (Å²) in [6.45, 7) is 0.855. The van der Waals surface area contributed by atoms with Crippen LogP contribution in [0.4, 0.5) is 0 Å². The third kappa shape index (κ3) is 1.94. The first kappa shape index (κ1) is 14.5. The van der Waals surface area contributed by atoms with Crippen LogP contribution >= 0.6 is 0 Å². The predicted molar refractivity (Wildman–Crippen MR) is 88.4 cm³/mol. The van der Waals surface area contributed by atoms with Gasteiger partial charge < -0.3 is 24.2 Å². The van der Waals surface area contributed by atoms with Crippen LogP contribution in [-0.4, -0.2) is 36.4 Å². The van der Waals surface area contributed by atoms with E-state index in [1.54, 1.807) is 6.07 Å². The van der Waals surface area contributed by atoms with Crippen molar-refractivity contribution in [1.82, 2.24) is 4.90 Å². The molecule has 0 saturated heterocycles. The van der Waals surface area contributed by atoms with Gasteiger partial charge in [0, 0.05) is 6.54 Å². The van der Waals surface area contributed by atoms with E-state index < -0.39 is 0 Å². The van der Waals surface area contributed by atoms with E-state index in [1.807, 2.05) is 23.1 Å². The minimum atomic E-state index is -0.147. The van der Waals surface area contributed by atoms with Crippen LogP contribution in [0.5, 0.6) is 23.0 Å². The van der Waals surface area contributed by atoms with Gasteiger partial charge in [-0.05, 0) is 47.7 Å². The first-order valence-corrected chi connectivity index (χ1v) is 8.29. The summed E-state index contributed by atoms with van der Waals surface area (Å²) in [5, 5.41) is 10.4. The highest BCUT2D eigenvalue weighted by atomic mass is 16.7. The van der Waals surface area contributed by atoms with Crippen molar-refractivity contribution < 1.29 is 24.1 Å². The lowest BCUT2D eigenvalue weighted by Crippen LogP contribution is -2.44. The van der Waals surface area contributed by atoms with Crippen molar-refractivity contribution in [3.63, 3.8) is 0 Å². The molecule has 6 heteroatoms. The molecule has 5 rings (SSSR count). The van der Waals surface area contributed by atoms with Crippen molar-refractivity contribution in [1.29, 1.82) is 0 Å². The molecule has 0 spiro atoms. The SMILES string of the molecule is COc1ccc2c(c1O)C(=O)N1CCc3cc4c(cc3[C@@H]1C2)OCO4. The Morgan fingerprint density at radius 2 is 2.00 bits per heavy atom.